The fourth-order valence-corrected chi connectivity index (χ4v) is 2.37. The Hall–Kier alpha value is -1.80. The molecule has 90 valence electrons. The van der Waals surface area contributed by atoms with Gasteiger partial charge in [0.15, 0.2) is 0 Å². The Morgan fingerprint density at radius 2 is 1.78 bits per heavy atom. The quantitative estimate of drug-likeness (QED) is 0.682. The molecule has 3 aromatic rings. The van der Waals surface area contributed by atoms with Crippen LogP contribution in [0, 0.1) is 0 Å². The minimum atomic E-state index is 0.755. The number of nitrogens with zero attached hydrogens (tertiary/aromatic N) is 2. The average molecular weight is 257 g/mol. The first kappa shape index (κ1) is 11.3. The lowest BCUT2D eigenvalue weighted by Gasteiger charge is -2.04. The highest BCUT2D eigenvalue weighted by Gasteiger charge is 2.09. The third kappa shape index (κ3) is 1.89. The molecule has 0 aliphatic heterocycles. The van der Waals surface area contributed by atoms with Crippen molar-refractivity contribution < 1.29 is 0 Å². The Morgan fingerprint density at radius 3 is 2.56 bits per heavy atom. The highest BCUT2D eigenvalue weighted by atomic mass is 35.5. The minimum Gasteiger partial charge on any atom is -0.331 e. The number of rotatable bonds is 2. The normalized spacial score (nSPS) is 11.0. The molecule has 3 heteroatoms. The molecule has 0 N–H and O–H groups in total. The number of hydrogen-bond acceptors (Lipinski definition) is 1. The van der Waals surface area contributed by atoms with Crippen LogP contribution in [0.4, 0.5) is 0 Å². The number of fused-ring (bicyclic) bond motifs is 1. The summed E-state index contributed by atoms with van der Waals surface area (Å²) in [4.78, 5) is 4.65. The van der Waals surface area contributed by atoms with Crippen molar-refractivity contribution in [2.75, 3.05) is 0 Å². The van der Waals surface area contributed by atoms with E-state index in [-0.39, 0.29) is 0 Å². The summed E-state index contributed by atoms with van der Waals surface area (Å²) in [6.45, 7) is 0. The van der Waals surface area contributed by atoms with Crippen molar-refractivity contribution >= 4 is 22.6 Å². The molecule has 0 bridgehead atoms. The van der Waals surface area contributed by atoms with Crippen LogP contribution in [-0.4, -0.2) is 9.55 Å². The number of para-hydroxylation sites is 2. The number of aryl methyl sites for hydroxylation is 1. The topological polar surface area (TPSA) is 17.8 Å². The minimum absolute atomic E-state index is 0.755. The molecule has 0 unspecified atom stereocenters. The lowest BCUT2D eigenvalue weighted by atomic mass is 10.1. The molecule has 0 fully saturated rings. The maximum absolute atomic E-state index is 6.19. The second-order valence-electron chi connectivity index (χ2n) is 4.34. The Balaban J connectivity index is 2.06. The Bertz CT molecular complexity index is 701. The van der Waals surface area contributed by atoms with E-state index in [1.807, 2.05) is 49.5 Å². The van der Waals surface area contributed by atoms with Gasteiger partial charge in [0.1, 0.15) is 5.82 Å². The van der Waals surface area contributed by atoms with Crippen LogP contribution in [0.2, 0.25) is 5.02 Å². The molecule has 1 heterocycles. The SMILES string of the molecule is Cn1c(Cc2ccccc2Cl)nc2ccccc21. The number of imidazole rings is 1. The molecule has 0 aliphatic carbocycles. The van der Waals surface area contributed by atoms with Crippen LogP contribution < -0.4 is 0 Å². The average Bonchev–Trinajstić information content (AvgIpc) is 2.70. The molecule has 0 atom stereocenters. The van der Waals surface area contributed by atoms with Gasteiger partial charge in [-0.3, -0.25) is 0 Å². The molecule has 0 aliphatic rings. The van der Waals surface area contributed by atoms with Gasteiger partial charge in [-0.2, -0.15) is 0 Å². The molecule has 3 rings (SSSR count). The van der Waals surface area contributed by atoms with E-state index in [0.29, 0.717) is 0 Å². The molecule has 2 nitrogen and oxygen atoms in total. The molecule has 1 aromatic heterocycles. The molecular formula is C15H13ClN2. The first-order valence-corrected chi connectivity index (χ1v) is 6.27. The molecule has 0 saturated heterocycles. The summed E-state index contributed by atoms with van der Waals surface area (Å²) in [6, 6.07) is 16.1. The van der Waals surface area contributed by atoms with E-state index < -0.39 is 0 Å². The summed E-state index contributed by atoms with van der Waals surface area (Å²) in [6.07, 6.45) is 0.755. The standard InChI is InChI=1S/C15H13ClN2/c1-18-14-9-5-4-8-13(14)17-15(18)10-11-6-2-3-7-12(11)16/h2-9H,10H2,1H3. The second kappa shape index (κ2) is 4.46. The van der Waals surface area contributed by atoms with E-state index in [2.05, 4.69) is 15.6 Å². The number of hydrogen-bond donors (Lipinski definition) is 0. The Labute approximate surface area is 111 Å². The van der Waals surface area contributed by atoms with Gasteiger partial charge < -0.3 is 4.57 Å². The summed E-state index contributed by atoms with van der Waals surface area (Å²) >= 11 is 6.19. The van der Waals surface area contributed by atoms with E-state index in [4.69, 9.17) is 11.6 Å². The molecule has 0 radical (unpaired) electrons. The fraction of sp³-hybridized carbons (Fsp3) is 0.133. The monoisotopic (exact) mass is 256 g/mol. The zero-order valence-corrected chi connectivity index (χ0v) is 10.9. The summed E-state index contributed by atoms with van der Waals surface area (Å²) in [5.74, 6) is 1.03. The van der Waals surface area contributed by atoms with Crippen molar-refractivity contribution in [3.63, 3.8) is 0 Å². The van der Waals surface area contributed by atoms with E-state index in [1.165, 1.54) is 0 Å². The zero-order chi connectivity index (χ0) is 12.5. The first-order chi connectivity index (χ1) is 8.75. The van der Waals surface area contributed by atoms with Crippen molar-refractivity contribution in [2.45, 2.75) is 6.42 Å². The Kier molecular flexibility index (Phi) is 2.80. The lowest BCUT2D eigenvalue weighted by molar-refractivity contribution is 0.845. The van der Waals surface area contributed by atoms with Crippen LogP contribution in [0.5, 0.6) is 0 Å². The molecule has 0 amide bonds. The van der Waals surface area contributed by atoms with Crippen LogP contribution >= 0.6 is 11.6 Å². The van der Waals surface area contributed by atoms with Crippen LogP contribution in [-0.2, 0) is 13.5 Å². The van der Waals surface area contributed by atoms with Crippen LogP contribution in [0.1, 0.15) is 11.4 Å². The highest BCUT2D eigenvalue weighted by Crippen LogP contribution is 2.21. The highest BCUT2D eigenvalue weighted by molar-refractivity contribution is 6.31. The van der Waals surface area contributed by atoms with E-state index in [1.54, 1.807) is 0 Å². The summed E-state index contributed by atoms with van der Waals surface area (Å²) in [5, 5.41) is 0.796. The third-order valence-electron chi connectivity index (χ3n) is 3.19. The largest absolute Gasteiger partial charge is 0.331 e. The summed E-state index contributed by atoms with van der Waals surface area (Å²) < 4.78 is 2.12. The van der Waals surface area contributed by atoms with Gasteiger partial charge in [0, 0.05) is 18.5 Å². The maximum Gasteiger partial charge on any atom is 0.114 e. The van der Waals surface area contributed by atoms with Gasteiger partial charge in [-0.1, -0.05) is 41.9 Å². The van der Waals surface area contributed by atoms with Crippen molar-refractivity contribution in [1.82, 2.24) is 9.55 Å². The smallest absolute Gasteiger partial charge is 0.114 e. The van der Waals surface area contributed by atoms with E-state index >= 15 is 0 Å². The predicted octanol–water partition coefficient (Wildman–Crippen LogP) is 3.82. The number of aromatic nitrogens is 2. The predicted molar refractivity (Wildman–Crippen MR) is 75.0 cm³/mol. The van der Waals surface area contributed by atoms with Crippen molar-refractivity contribution in [3.8, 4) is 0 Å². The van der Waals surface area contributed by atoms with E-state index in [9.17, 15) is 0 Å². The van der Waals surface area contributed by atoms with Crippen LogP contribution in [0.25, 0.3) is 11.0 Å². The molecule has 0 saturated carbocycles. The van der Waals surface area contributed by atoms with Crippen molar-refractivity contribution in [3.05, 3.63) is 64.9 Å². The first-order valence-electron chi connectivity index (χ1n) is 5.89. The zero-order valence-electron chi connectivity index (χ0n) is 10.1. The number of benzene rings is 2. The van der Waals surface area contributed by atoms with E-state index in [0.717, 1.165) is 33.9 Å². The number of halogens is 1. The Morgan fingerprint density at radius 1 is 1.06 bits per heavy atom. The molecular weight excluding hydrogens is 244 g/mol. The van der Waals surface area contributed by atoms with Gasteiger partial charge in [0.05, 0.1) is 11.0 Å². The maximum atomic E-state index is 6.19. The lowest BCUT2D eigenvalue weighted by Crippen LogP contribution is -1.99. The summed E-state index contributed by atoms with van der Waals surface area (Å²) in [7, 11) is 2.04. The van der Waals surface area contributed by atoms with Crippen LogP contribution in [0.15, 0.2) is 48.5 Å². The molecule has 18 heavy (non-hydrogen) atoms. The fourth-order valence-electron chi connectivity index (χ4n) is 2.17. The van der Waals surface area contributed by atoms with Gasteiger partial charge in [0.2, 0.25) is 0 Å². The van der Waals surface area contributed by atoms with Crippen molar-refractivity contribution in [1.29, 1.82) is 0 Å². The van der Waals surface area contributed by atoms with Gasteiger partial charge >= 0.3 is 0 Å². The van der Waals surface area contributed by atoms with Gasteiger partial charge in [-0.25, -0.2) is 4.98 Å². The van der Waals surface area contributed by atoms with Crippen LogP contribution in [0.3, 0.4) is 0 Å². The molecule has 2 aromatic carbocycles. The third-order valence-corrected chi connectivity index (χ3v) is 3.55. The summed E-state index contributed by atoms with van der Waals surface area (Å²) in [5.41, 5.74) is 3.29. The molecule has 0 spiro atoms. The van der Waals surface area contributed by atoms with Crippen molar-refractivity contribution in [2.24, 2.45) is 7.05 Å². The second-order valence-corrected chi connectivity index (χ2v) is 4.75. The van der Waals surface area contributed by atoms with Gasteiger partial charge in [-0.05, 0) is 23.8 Å². The van der Waals surface area contributed by atoms with Gasteiger partial charge in [-0.15, -0.1) is 0 Å². The van der Waals surface area contributed by atoms with Gasteiger partial charge in [0.25, 0.3) is 0 Å².